The monoisotopic (exact) mass is 454 g/mol. The van der Waals surface area contributed by atoms with Crippen LogP contribution in [-0.2, 0) is 6.18 Å². The van der Waals surface area contributed by atoms with Gasteiger partial charge in [0.05, 0.1) is 16.1 Å². The minimum absolute atomic E-state index is 0.0176. The lowest BCUT2D eigenvalue weighted by Gasteiger charge is -2.16. The van der Waals surface area contributed by atoms with Crippen molar-refractivity contribution in [1.29, 1.82) is 0 Å². The number of hydrogen-bond donors (Lipinski definition) is 2. The van der Waals surface area contributed by atoms with Gasteiger partial charge < -0.3 is 15.2 Å². The molecule has 2 rings (SSSR count). The zero-order valence-electron chi connectivity index (χ0n) is 15.9. The molecule has 1 amide bonds. The molecule has 5 nitrogen and oxygen atoms in total. The first-order valence-electron chi connectivity index (χ1n) is 9.12. The number of carbonyl (C=O) groups is 1. The topological polar surface area (TPSA) is 71.5 Å². The predicted octanol–water partition coefficient (Wildman–Crippen LogP) is 5.04. The number of halogens is 6. The van der Waals surface area contributed by atoms with E-state index in [0.29, 0.717) is 18.9 Å². The van der Waals surface area contributed by atoms with E-state index in [9.17, 15) is 26.7 Å². The number of hydrogen-bond acceptors (Lipinski definition) is 4. The van der Waals surface area contributed by atoms with Crippen molar-refractivity contribution in [2.75, 3.05) is 13.2 Å². The lowest BCUT2D eigenvalue weighted by Crippen LogP contribution is -2.30. The number of aliphatic hydroxyl groups excluding tert-OH is 1. The van der Waals surface area contributed by atoms with Crippen LogP contribution in [0.5, 0.6) is 5.75 Å². The summed E-state index contributed by atoms with van der Waals surface area (Å²) >= 11 is 6.04. The maximum absolute atomic E-state index is 13.5. The number of aromatic nitrogens is 1. The first-order valence-corrected chi connectivity index (χ1v) is 9.50. The van der Waals surface area contributed by atoms with Gasteiger partial charge >= 0.3 is 12.8 Å². The number of rotatable bonds is 9. The van der Waals surface area contributed by atoms with Crippen LogP contribution in [0.1, 0.15) is 42.2 Å². The second-order valence-corrected chi connectivity index (χ2v) is 6.99. The lowest BCUT2D eigenvalue weighted by molar-refractivity contribution is -0.136. The molecule has 0 spiro atoms. The van der Waals surface area contributed by atoms with E-state index in [1.165, 1.54) is 0 Å². The highest BCUT2D eigenvalue weighted by molar-refractivity contribution is 6.35. The van der Waals surface area contributed by atoms with Gasteiger partial charge in [0, 0.05) is 18.5 Å². The molecule has 1 aromatic carbocycles. The van der Waals surface area contributed by atoms with Crippen molar-refractivity contribution in [2.24, 2.45) is 5.92 Å². The zero-order chi connectivity index (χ0) is 22.5. The molecule has 1 atom stereocenters. The summed E-state index contributed by atoms with van der Waals surface area (Å²) in [6.07, 6.45) is -2.98. The van der Waals surface area contributed by atoms with Gasteiger partial charge in [0.25, 0.3) is 5.91 Å². The van der Waals surface area contributed by atoms with Crippen LogP contribution in [0.4, 0.5) is 22.0 Å². The Labute approximate surface area is 174 Å². The third-order valence-electron chi connectivity index (χ3n) is 4.50. The number of pyridine rings is 1. The Morgan fingerprint density at radius 1 is 1.30 bits per heavy atom. The SMILES string of the molecule is CCC(CCCO)CNC(=O)c1cc(Cl)c2cc(OC(F)F)cc(C(F)(F)F)c2n1. The number of benzene rings is 1. The molecule has 2 N–H and O–H groups in total. The van der Waals surface area contributed by atoms with Gasteiger partial charge in [-0.25, -0.2) is 4.98 Å². The van der Waals surface area contributed by atoms with Gasteiger partial charge in [-0.1, -0.05) is 24.9 Å². The molecule has 0 saturated heterocycles. The summed E-state index contributed by atoms with van der Waals surface area (Å²) in [5.41, 5.74) is -2.33. The van der Waals surface area contributed by atoms with Crippen LogP contribution in [0, 0.1) is 5.92 Å². The zero-order valence-corrected chi connectivity index (χ0v) is 16.7. The van der Waals surface area contributed by atoms with E-state index in [1.54, 1.807) is 0 Å². The molecular formula is C19H20ClF5N2O3. The Bertz CT molecular complexity index is 893. The molecule has 1 unspecified atom stereocenters. The summed E-state index contributed by atoms with van der Waals surface area (Å²) < 4.78 is 69.4. The van der Waals surface area contributed by atoms with Crippen molar-refractivity contribution in [3.63, 3.8) is 0 Å². The van der Waals surface area contributed by atoms with Gasteiger partial charge in [-0.05, 0) is 37.0 Å². The van der Waals surface area contributed by atoms with E-state index >= 15 is 0 Å². The van der Waals surface area contributed by atoms with E-state index in [1.807, 2.05) is 6.92 Å². The van der Waals surface area contributed by atoms with Gasteiger partial charge in [-0.2, -0.15) is 22.0 Å². The fourth-order valence-electron chi connectivity index (χ4n) is 2.92. The summed E-state index contributed by atoms with van der Waals surface area (Å²) in [6.45, 7) is -1.14. The van der Waals surface area contributed by atoms with E-state index in [2.05, 4.69) is 15.0 Å². The van der Waals surface area contributed by atoms with Crippen molar-refractivity contribution in [1.82, 2.24) is 10.3 Å². The fraction of sp³-hybridized carbons (Fsp3) is 0.474. The molecule has 0 aliphatic rings. The molecule has 2 aromatic rings. The Morgan fingerprint density at radius 2 is 2.00 bits per heavy atom. The summed E-state index contributed by atoms with van der Waals surface area (Å²) in [5, 5.41) is 11.0. The first-order chi connectivity index (χ1) is 14.1. The predicted molar refractivity (Wildman–Crippen MR) is 101 cm³/mol. The standard InChI is InChI=1S/C19H20ClF5N2O3/c1-2-10(4-3-5-28)9-26-17(29)15-8-14(20)12-6-11(30-18(21)22)7-13(16(12)27-15)19(23,24)25/h6-8,10,18,28H,2-5,9H2,1H3,(H,26,29). The minimum Gasteiger partial charge on any atom is -0.435 e. The molecular weight excluding hydrogens is 435 g/mol. The maximum atomic E-state index is 13.5. The molecule has 0 aliphatic heterocycles. The van der Waals surface area contributed by atoms with Gasteiger partial charge in [0.15, 0.2) is 0 Å². The Kier molecular flexibility index (Phi) is 8.19. The minimum atomic E-state index is -4.94. The number of carbonyl (C=O) groups excluding carboxylic acids is 1. The Balaban J connectivity index is 2.40. The summed E-state index contributed by atoms with van der Waals surface area (Å²) in [7, 11) is 0. The third kappa shape index (κ3) is 6.15. The van der Waals surface area contributed by atoms with E-state index in [-0.39, 0.29) is 35.2 Å². The number of nitrogens with one attached hydrogen (secondary N) is 1. The van der Waals surface area contributed by atoms with Crippen LogP contribution in [0.25, 0.3) is 10.9 Å². The smallest absolute Gasteiger partial charge is 0.418 e. The van der Waals surface area contributed by atoms with Crippen molar-refractivity contribution in [3.8, 4) is 5.75 Å². The molecule has 1 aromatic heterocycles. The highest BCUT2D eigenvalue weighted by atomic mass is 35.5. The van der Waals surface area contributed by atoms with Gasteiger partial charge in [-0.3, -0.25) is 4.79 Å². The van der Waals surface area contributed by atoms with Crippen molar-refractivity contribution < 1.29 is 36.6 Å². The van der Waals surface area contributed by atoms with Crippen LogP contribution in [0.15, 0.2) is 18.2 Å². The second kappa shape index (κ2) is 10.2. The van der Waals surface area contributed by atoms with Crippen molar-refractivity contribution >= 4 is 28.4 Å². The molecule has 0 saturated carbocycles. The highest BCUT2D eigenvalue weighted by Crippen LogP contribution is 2.39. The van der Waals surface area contributed by atoms with Crippen LogP contribution in [0.2, 0.25) is 5.02 Å². The third-order valence-corrected chi connectivity index (χ3v) is 4.81. The van der Waals surface area contributed by atoms with E-state index < -0.39 is 35.5 Å². The molecule has 0 fully saturated rings. The van der Waals surface area contributed by atoms with Crippen LogP contribution in [0.3, 0.4) is 0 Å². The van der Waals surface area contributed by atoms with Crippen molar-refractivity contribution in [3.05, 3.63) is 34.5 Å². The number of alkyl halides is 5. The summed E-state index contributed by atoms with van der Waals surface area (Å²) in [4.78, 5) is 16.2. The lowest BCUT2D eigenvalue weighted by atomic mass is 10.0. The number of aliphatic hydroxyl groups is 1. The molecule has 0 bridgehead atoms. The van der Waals surface area contributed by atoms with Gasteiger partial charge in [-0.15, -0.1) is 0 Å². The molecule has 0 radical (unpaired) electrons. The van der Waals surface area contributed by atoms with Gasteiger partial charge in [0.1, 0.15) is 11.4 Å². The quantitative estimate of drug-likeness (QED) is 0.521. The molecule has 1 heterocycles. The van der Waals surface area contributed by atoms with E-state index in [4.69, 9.17) is 16.7 Å². The van der Waals surface area contributed by atoms with Crippen LogP contribution in [-0.4, -0.2) is 35.8 Å². The molecule has 166 valence electrons. The van der Waals surface area contributed by atoms with Crippen LogP contribution >= 0.6 is 11.6 Å². The number of nitrogens with zero attached hydrogens (tertiary/aromatic N) is 1. The average Bonchev–Trinajstić information content (AvgIpc) is 2.66. The van der Waals surface area contributed by atoms with Crippen molar-refractivity contribution in [2.45, 2.75) is 39.0 Å². The van der Waals surface area contributed by atoms with Crippen LogP contribution < -0.4 is 10.1 Å². The molecule has 0 aliphatic carbocycles. The highest BCUT2D eigenvalue weighted by Gasteiger charge is 2.35. The maximum Gasteiger partial charge on any atom is 0.418 e. The molecule has 11 heteroatoms. The summed E-state index contributed by atoms with van der Waals surface area (Å²) in [6, 6.07) is 2.37. The summed E-state index contributed by atoms with van der Waals surface area (Å²) in [5.74, 6) is -1.36. The normalized spacial score (nSPS) is 13.0. The largest absolute Gasteiger partial charge is 0.435 e. The Hall–Kier alpha value is -2.20. The Morgan fingerprint density at radius 3 is 2.57 bits per heavy atom. The molecule has 30 heavy (non-hydrogen) atoms. The number of amides is 1. The first kappa shape index (κ1) is 24.1. The van der Waals surface area contributed by atoms with E-state index in [0.717, 1.165) is 18.6 Å². The number of fused-ring (bicyclic) bond motifs is 1. The fourth-order valence-corrected chi connectivity index (χ4v) is 3.17. The van der Waals surface area contributed by atoms with Gasteiger partial charge in [0.2, 0.25) is 0 Å². The second-order valence-electron chi connectivity index (χ2n) is 6.58. The number of ether oxygens (including phenoxy) is 1. The average molecular weight is 455 g/mol.